The van der Waals surface area contributed by atoms with E-state index in [-0.39, 0.29) is 0 Å². The molecule has 0 amide bonds. The van der Waals surface area contributed by atoms with Gasteiger partial charge < -0.3 is 10.3 Å². The summed E-state index contributed by atoms with van der Waals surface area (Å²) in [7, 11) is 0. The SMILES string of the molecule is CCn1c(CC2(CN)CCC2)nc2cnccc21. The van der Waals surface area contributed by atoms with Crippen LogP contribution in [0.5, 0.6) is 0 Å². The first-order valence-electron chi connectivity index (χ1n) is 6.77. The first kappa shape index (κ1) is 11.7. The maximum Gasteiger partial charge on any atom is 0.110 e. The largest absolute Gasteiger partial charge is 0.330 e. The smallest absolute Gasteiger partial charge is 0.110 e. The van der Waals surface area contributed by atoms with Gasteiger partial charge in [0.25, 0.3) is 0 Å². The van der Waals surface area contributed by atoms with E-state index in [0.29, 0.717) is 5.41 Å². The van der Waals surface area contributed by atoms with Gasteiger partial charge in [-0.15, -0.1) is 0 Å². The van der Waals surface area contributed by atoms with E-state index in [1.54, 1.807) is 0 Å². The van der Waals surface area contributed by atoms with Crippen molar-refractivity contribution in [3.05, 3.63) is 24.3 Å². The Balaban J connectivity index is 2.00. The Morgan fingerprint density at radius 2 is 2.28 bits per heavy atom. The van der Waals surface area contributed by atoms with Crippen molar-refractivity contribution in [3.8, 4) is 0 Å². The lowest BCUT2D eigenvalue weighted by atomic mass is 9.66. The highest BCUT2D eigenvalue weighted by Gasteiger charge is 2.37. The Kier molecular flexibility index (Phi) is 2.82. The third kappa shape index (κ3) is 1.72. The molecule has 0 atom stereocenters. The molecule has 0 radical (unpaired) electrons. The number of hydrogen-bond acceptors (Lipinski definition) is 3. The lowest BCUT2D eigenvalue weighted by Gasteiger charge is -2.40. The fourth-order valence-corrected chi connectivity index (χ4v) is 2.98. The lowest BCUT2D eigenvalue weighted by Crippen LogP contribution is -2.39. The van der Waals surface area contributed by atoms with Crippen LogP contribution in [-0.4, -0.2) is 21.1 Å². The summed E-state index contributed by atoms with van der Waals surface area (Å²) in [6.45, 7) is 3.90. The Labute approximate surface area is 107 Å². The summed E-state index contributed by atoms with van der Waals surface area (Å²) < 4.78 is 2.30. The van der Waals surface area contributed by atoms with Crippen molar-refractivity contribution in [1.29, 1.82) is 0 Å². The molecular weight excluding hydrogens is 224 g/mol. The van der Waals surface area contributed by atoms with E-state index in [9.17, 15) is 0 Å². The van der Waals surface area contributed by atoms with Gasteiger partial charge in [-0.25, -0.2) is 4.98 Å². The van der Waals surface area contributed by atoms with Gasteiger partial charge in [-0.1, -0.05) is 6.42 Å². The first-order valence-corrected chi connectivity index (χ1v) is 6.77. The molecule has 0 aromatic carbocycles. The van der Waals surface area contributed by atoms with Crippen molar-refractivity contribution in [2.75, 3.05) is 6.54 Å². The van der Waals surface area contributed by atoms with E-state index in [1.807, 2.05) is 18.5 Å². The minimum Gasteiger partial charge on any atom is -0.330 e. The zero-order valence-corrected chi connectivity index (χ0v) is 10.9. The molecular formula is C14H20N4. The molecule has 96 valence electrons. The van der Waals surface area contributed by atoms with Gasteiger partial charge in [0.15, 0.2) is 0 Å². The number of imidazole rings is 1. The van der Waals surface area contributed by atoms with Gasteiger partial charge in [0.05, 0.1) is 11.7 Å². The van der Waals surface area contributed by atoms with E-state index in [1.165, 1.54) is 30.6 Å². The monoisotopic (exact) mass is 244 g/mol. The van der Waals surface area contributed by atoms with Crippen LogP contribution in [0.1, 0.15) is 32.0 Å². The van der Waals surface area contributed by atoms with E-state index in [2.05, 4.69) is 16.5 Å². The molecule has 4 heteroatoms. The first-order chi connectivity index (χ1) is 8.78. The highest BCUT2D eigenvalue weighted by atomic mass is 15.1. The number of hydrogen-bond donors (Lipinski definition) is 1. The van der Waals surface area contributed by atoms with Gasteiger partial charge in [-0.3, -0.25) is 4.98 Å². The van der Waals surface area contributed by atoms with E-state index in [4.69, 9.17) is 10.7 Å². The fraction of sp³-hybridized carbons (Fsp3) is 0.571. The van der Waals surface area contributed by atoms with Crippen molar-refractivity contribution in [2.24, 2.45) is 11.1 Å². The molecule has 1 saturated carbocycles. The van der Waals surface area contributed by atoms with Gasteiger partial charge in [0.1, 0.15) is 11.3 Å². The second-order valence-electron chi connectivity index (χ2n) is 5.37. The fourth-order valence-electron chi connectivity index (χ4n) is 2.98. The molecule has 2 N–H and O–H groups in total. The minimum absolute atomic E-state index is 0.307. The minimum atomic E-state index is 0.307. The molecule has 0 saturated heterocycles. The van der Waals surface area contributed by atoms with Crippen molar-refractivity contribution >= 4 is 11.0 Å². The highest BCUT2D eigenvalue weighted by molar-refractivity contribution is 5.74. The van der Waals surface area contributed by atoms with Crippen molar-refractivity contribution < 1.29 is 0 Å². The Bertz CT molecular complexity index is 548. The van der Waals surface area contributed by atoms with Crippen LogP contribution in [0.25, 0.3) is 11.0 Å². The maximum atomic E-state index is 5.95. The molecule has 18 heavy (non-hydrogen) atoms. The van der Waals surface area contributed by atoms with Gasteiger partial charge >= 0.3 is 0 Å². The van der Waals surface area contributed by atoms with Crippen LogP contribution in [0.3, 0.4) is 0 Å². The molecule has 4 nitrogen and oxygen atoms in total. The van der Waals surface area contributed by atoms with E-state index >= 15 is 0 Å². The second kappa shape index (κ2) is 4.35. The van der Waals surface area contributed by atoms with Crippen LogP contribution in [0, 0.1) is 5.41 Å². The van der Waals surface area contributed by atoms with Crippen LogP contribution in [0.15, 0.2) is 18.5 Å². The van der Waals surface area contributed by atoms with Crippen LogP contribution in [-0.2, 0) is 13.0 Å². The average Bonchev–Trinajstić information content (AvgIpc) is 2.70. The molecule has 3 rings (SSSR count). The molecule has 0 bridgehead atoms. The van der Waals surface area contributed by atoms with Crippen LogP contribution in [0.4, 0.5) is 0 Å². The zero-order valence-electron chi connectivity index (χ0n) is 10.9. The number of aryl methyl sites for hydroxylation is 1. The van der Waals surface area contributed by atoms with Crippen LogP contribution >= 0.6 is 0 Å². The van der Waals surface area contributed by atoms with Crippen LogP contribution in [0.2, 0.25) is 0 Å². The van der Waals surface area contributed by atoms with Gasteiger partial charge in [0, 0.05) is 19.2 Å². The van der Waals surface area contributed by atoms with Crippen molar-refractivity contribution in [2.45, 2.75) is 39.2 Å². The number of pyridine rings is 1. The summed E-state index contributed by atoms with van der Waals surface area (Å²) in [6.07, 6.45) is 8.49. The Hall–Kier alpha value is -1.42. The molecule has 0 spiro atoms. The number of fused-ring (bicyclic) bond motifs is 1. The number of rotatable bonds is 4. The Morgan fingerprint density at radius 3 is 2.89 bits per heavy atom. The maximum absolute atomic E-state index is 5.95. The molecule has 1 aliphatic carbocycles. The van der Waals surface area contributed by atoms with Gasteiger partial charge in [0.2, 0.25) is 0 Å². The predicted octanol–water partition coefficient (Wildman–Crippen LogP) is 2.12. The molecule has 0 aliphatic heterocycles. The summed E-state index contributed by atoms with van der Waals surface area (Å²) >= 11 is 0. The lowest BCUT2D eigenvalue weighted by molar-refractivity contribution is 0.140. The normalized spacial score (nSPS) is 17.9. The number of nitrogens with two attached hydrogens (primary N) is 1. The molecule has 1 aliphatic rings. The standard InChI is InChI=1S/C14H20N4/c1-2-18-12-4-7-16-9-11(12)17-13(18)8-14(10-15)5-3-6-14/h4,7,9H,2-3,5-6,8,10,15H2,1H3. The molecule has 2 aromatic heterocycles. The topological polar surface area (TPSA) is 56.7 Å². The Morgan fingerprint density at radius 1 is 1.44 bits per heavy atom. The average molecular weight is 244 g/mol. The van der Waals surface area contributed by atoms with Crippen LogP contribution < -0.4 is 5.73 Å². The van der Waals surface area contributed by atoms with E-state index < -0.39 is 0 Å². The quantitative estimate of drug-likeness (QED) is 0.896. The van der Waals surface area contributed by atoms with Crippen molar-refractivity contribution in [3.63, 3.8) is 0 Å². The van der Waals surface area contributed by atoms with Crippen molar-refractivity contribution in [1.82, 2.24) is 14.5 Å². The summed E-state index contributed by atoms with van der Waals surface area (Å²) in [6, 6.07) is 2.05. The summed E-state index contributed by atoms with van der Waals surface area (Å²) in [5, 5.41) is 0. The number of aromatic nitrogens is 3. The van der Waals surface area contributed by atoms with Gasteiger partial charge in [-0.05, 0) is 37.8 Å². The third-order valence-corrected chi connectivity index (χ3v) is 4.33. The predicted molar refractivity (Wildman–Crippen MR) is 72.2 cm³/mol. The highest BCUT2D eigenvalue weighted by Crippen LogP contribution is 2.42. The molecule has 2 heterocycles. The molecule has 1 fully saturated rings. The summed E-state index contributed by atoms with van der Waals surface area (Å²) in [5.41, 5.74) is 8.45. The number of nitrogens with zero attached hydrogens (tertiary/aromatic N) is 3. The summed E-state index contributed by atoms with van der Waals surface area (Å²) in [4.78, 5) is 8.90. The molecule has 2 aromatic rings. The zero-order chi connectivity index (χ0) is 12.6. The third-order valence-electron chi connectivity index (χ3n) is 4.33. The second-order valence-corrected chi connectivity index (χ2v) is 5.37. The summed E-state index contributed by atoms with van der Waals surface area (Å²) in [5.74, 6) is 1.17. The van der Waals surface area contributed by atoms with E-state index in [0.717, 1.165) is 25.0 Å². The molecule has 0 unspecified atom stereocenters. The van der Waals surface area contributed by atoms with Gasteiger partial charge in [-0.2, -0.15) is 0 Å².